The molecule has 1 aromatic rings. The van der Waals surface area contributed by atoms with Crippen molar-refractivity contribution in [3.63, 3.8) is 0 Å². The Kier molecular flexibility index (Phi) is 9.70. The van der Waals surface area contributed by atoms with Crippen LogP contribution in [0.4, 0.5) is 13.2 Å². The summed E-state index contributed by atoms with van der Waals surface area (Å²) in [5.74, 6) is 0.946. The number of hydrogen-bond donors (Lipinski definition) is 0. The van der Waals surface area contributed by atoms with E-state index in [1.807, 2.05) is 20.8 Å². The summed E-state index contributed by atoms with van der Waals surface area (Å²) in [5.41, 5.74) is 4.19. The van der Waals surface area contributed by atoms with Crippen LogP contribution in [-0.4, -0.2) is 25.4 Å². The quantitative estimate of drug-likeness (QED) is 0.152. The number of esters is 1. The van der Waals surface area contributed by atoms with Crippen LogP contribution in [0.3, 0.4) is 0 Å². The van der Waals surface area contributed by atoms with Gasteiger partial charge in [-0.3, -0.25) is 4.79 Å². The summed E-state index contributed by atoms with van der Waals surface area (Å²) in [6.45, 7) is 16.8. The van der Waals surface area contributed by atoms with Crippen LogP contribution < -0.4 is 4.74 Å². The first-order valence-electron chi connectivity index (χ1n) is 13.2. The van der Waals surface area contributed by atoms with Crippen LogP contribution >= 0.6 is 0 Å². The molecule has 3 atom stereocenters. The molecule has 0 saturated heterocycles. The molecule has 0 aliphatic heterocycles. The van der Waals surface area contributed by atoms with Gasteiger partial charge in [0.05, 0.1) is 18.1 Å². The molecule has 1 fully saturated rings. The molecule has 39 heavy (non-hydrogen) atoms. The van der Waals surface area contributed by atoms with Crippen molar-refractivity contribution in [2.75, 3.05) is 13.2 Å². The normalized spacial score (nSPS) is 20.5. The number of benzene rings is 1. The van der Waals surface area contributed by atoms with Crippen LogP contribution in [0.5, 0.6) is 5.75 Å². The van der Waals surface area contributed by atoms with E-state index in [-0.39, 0.29) is 35.9 Å². The second kappa shape index (κ2) is 12.6. The minimum atomic E-state index is -4.61. The molecule has 1 aromatic carbocycles. The van der Waals surface area contributed by atoms with Crippen molar-refractivity contribution < 1.29 is 32.2 Å². The topological polar surface area (TPSA) is 44.8 Å². The van der Waals surface area contributed by atoms with Crippen molar-refractivity contribution in [3.05, 3.63) is 101 Å². The van der Waals surface area contributed by atoms with Gasteiger partial charge in [0.1, 0.15) is 23.9 Å². The summed E-state index contributed by atoms with van der Waals surface area (Å²) in [5, 5.41) is 0. The maximum absolute atomic E-state index is 13.6. The highest BCUT2D eigenvalue weighted by atomic mass is 19.4. The van der Waals surface area contributed by atoms with Crippen LogP contribution in [-0.2, 0) is 27.1 Å². The molecule has 2 aliphatic rings. The van der Waals surface area contributed by atoms with Crippen molar-refractivity contribution in [1.82, 2.24) is 0 Å². The maximum Gasteiger partial charge on any atom is 0.419 e. The standard InChI is InChI=1S/C32H37F3O4/c1-8-13-26(32(33,34)35)27(11-4)39-23(10-3)14-22(19(6)7)18-38-28-17-21-16-25-29(24(21)15-20(28)9-2)30(25)31(36)37-12-5/h8,10-11,13-15,17,25,29-30H,1,3,9,12,16,18H2,2,4-7H3. The van der Waals surface area contributed by atoms with E-state index in [2.05, 4.69) is 32.2 Å². The fourth-order valence-electron chi connectivity index (χ4n) is 5.07. The third kappa shape index (κ3) is 6.75. The highest BCUT2D eigenvalue weighted by Crippen LogP contribution is 2.62. The van der Waals surface area contributed by atoms with Crippen molar-refractivity contribution in [2.24, 2.45) is 11.8 Å². The Morgan fingerprint density at radius 3 is 2.44 bits per heavy atom. The van der Waals surface area contributed by atoms with E-state index in [0.717, 1.165) is 47.5 Å². The molecule has 3 rings (SSSR count). The summed E-state index contributed by atoms with van der Waals surface area (Å²) in [4.78, 5) is 12.3. The fraction of sp³-hybridized carbons (Fsp3) is 0.406. The Labute approximate surface area is 229 Å². The Hall–Kier alpha value is -3.48. The Morgan fingerprint density at radius 2 is 1.90 bits per heavy atom. The summed E-state index contributed by atoms with van der Waals surface area (Å²) in [7, 11) is 0. The average Bonchev–Trinajstić information content (AvgIpc) is 3.48. The molecule has 210 valence electrons. The molecule has 4 nitrogen and oxygen atoms in total. The molecular weight excluding hydrogens is 505 g/mol. The lowest BCUT2D eigenvalue weighted by molar-refractivity contribution is -0.145. The van der Waals surface area contributed by atoms with E-state index >= 15 is 0 Å². The van der Waals surface area contributed by atoms with Gasteiger partial charge in [0.2, 0.25) is 0 Å². The van der Waals surface area contributed by atoms with Gasteiger partial charge in [-0.1, -0.05) is 37.8 Å². The summed E-state index contributed by atoms with van der Waals surface area (Å²) in [6, 6.07) is 4.21. The molecule has 0 radical (unpaired) electrons. The second-order valence-corrected chi connectivity index (χ2v) is 9.82. The lowest BCUT2D eigenvalue weighted by atomic mass is 9.97. The van der Waals surface area contributed by atoms with E-state index in [1.54, 1.807) is 6.08 Å². The van der Waals surface area contributed by atoms with E-state index in [0.29, 0.717) is 12.5 Å². The lowest BCUT2D eigenvalue weighted by Gasteiger charge is -2.18. The van der Waals surface area contributed by atoms with Gasteiger partial charge in [-0.25, -0.2) is 0 Å². The van der Waals surface area contributed by atoms with Crippen LogP contribution in [0.25, 0.3) is 0 Å². The minimum Gasteiger partial charge on any atom is -0.489 e. The van der Waals surface area contributed by atoms with Gasteiger partial charge >= 0.3 is 12.1 Å². The number of carbonyl (C=O) groups is 1. The number of allylic oxidation sites excluding steroid dienone is 6. The second-order valence-electron chi connectivity index (χ2n) is 9.82. The van der Waals surface area contributed by atoms with Crippen LogP contribution in [0.2, 0.25) is 0 Å². The van der Waals surface area contributed by atoms with E-state index in [9.17, 15) is 18.0 Å². The van der Waals surface area contributed by atoms with Gasteiger partial charge in [-0.15, -0.1) is 0 Å². The molecule has 0 N–H and O–H groups in total. The number of hydrogen-bond acceptors (Lipinski definition) is 4. The molecule has 0 amide bonds. The van der Waals surface area contributed by atoms with E-state index in [4.69, 9.17) is 14.2 Å². The van der Waals surface area contributed by atoms with Gasteiger partial charge in [0.25, 0.3) is 0 Å². The van der Waals surface area contributed by atoms with Crippen molar-refractivity contribution in [2.45, 2.75) is 59.6 Å². The van der Waals surface area contributed by atoms with Crippen LogP contribution in [0.15, 0.2) is 83.9 Å². The maximum atomic E-state index is 13.6. The van der Waals surface area contributed by atoms with Crippen LogP contribution in [0.1, 0.15) is 57.2 Å². The van der Waals surface area contributed by atoms with E-state index < -0.39 is 11.7 Å². The van der Waals surface area contributed by atoms with Crippen LogP contribution in [0, 0.1) is 11.8 Å². The van der Waals surface area contributed by atoms with Gasteiger partial charge in [-0.05, 0) is 99.1 Å². The van der Waals surface area contributed by atoms with E-state index in [1.165, 1.54) is 30.2 Å². The van der Waals surface area contributed by atoms with Gasteiger partial charge in [0, 0.05) is 5.92 Å². The zero-order chi connectivity index (χ0) is 28.9. The predicted molar refractivity (Wildman–Crippen MR) is 147 cm³/mol. The highest BCUT2D eigenvalue weighted by Gasteiger charge is 2.60. The van der Waals surface area contributed by atoms with Gasteiger partial charge in [-0.2, -0.15) is 13.2 Å². The third-order valence-electron chi connectivity index (χ3n) is 7.13. The third-order valence-corrected chi connectivity index (χ3v) is 7.13. The largest absolute Gasteiger partial charge is 0.489 e. The molecule has 0 spiro atoms. The summed E-state index contributed by atoms with van der Waals surface area (Å²) < 4.78 is 57.8. The fourth-order valence-corrected chi connectivity index (χ4v) is 5.07. The van der Waals surface area contributed by atoms with Crippen molar-refractivity contribution >= 4 is 5.97 Å². The smallest absolute Gasteiger partial charge is 0.419 e. The molecule has 2 aliphatic carbocycles. The molecular formula is C32H37F3O4. The first kappa shape index (κ1) is 30.1. The molecule has 0 heterocycles. The average molecular weight is 543 g/mol. The SMILES string of the molecule is C=CC=C(C(=CC)OC(C=C)=CC(COc1cc2c(cc1CC)C1C(C2)C1C(=O)OCC)=C(C)C)C(F)(F)F. The zero-order valence-electron chi connectivity index (χ0n) is 23.3. The number of halogens is 3. The monoisotopic (exact) mass is 542 g/mol. The number of aryl methyl sites for hydroxylation is 1. The zero-order valence-corrected chi connectivity index (χ0v) is 23.3. The Morgan fingerprint density at radius 1 is 1.18 bits per heavy atom. The Balaban J connectivity index is 1.79. The molecule has 0 bridgehead atoms. The number of carbonyl (C=O) groups excluding carboxylic acids is 1. The molecule has 3 unspecified atom stereocenters. The Bertz CT molecular complexity index is 1240. The summed E-state index contributed by atoms with van der Waals surface area (Å²) in [6.07, 6.45) is 3.19. The number of alkyl halides is 3. The van der Waals surface area contributed by atoms with Crippen molar-refractivity contribution in [1.29, 1.82) is 0 Å². The highest BCUT2D eigenvalue weighted by molar-refractivity contribution is 5.80. The molecule has 7 heteroatoms. The predicted octanol–water partition coefficient (Wildman–Crippen LogP) is 8.08. The molecule has 1 saturated carbocycles. The lowest BCUT2D eigenvalue weighted by Crippen LogP contribution is -2.15. The summed E-state index contributed by atoms with van der Waals surface area (Å²) >= 11 is 0. The van der Waals surface area contributed by atoms with Gasteiger partial charge < -0.3 is 14.2 Å². The number of ether oxygens (including phenoxy) is 3. The first-order valence-corrected chi connectivity index (χ1v) is 13.2. The molecule has 0 aromatic heterocycles. The van der Waals surface area contributed by atoms with Gasteiger partial charge in [0.15, 0.2) is 0 Å². The number of rotatable bonds is 12. The first-order chi connectivity index (χ1) is 18.5. The van der Waals surface area contributed by atoms with Crippen molar-refractivity contribution in [3.8, 4) is 5.75 Å². The minimum absolute atomic E-state index is 0.0464. The number of fused-ring (bicyclic) bond motifs is 3.